The minimum atomic E-state index is 0.167. The SMILES string of the molecule is CC1=NN(Cc2ccccc2)C(C)(C)C1. The molecule has 0 spiro atoms. The van der Waals surface area contributed by atoms with Gasteiger partial charge in [0.25, 0.3) is 0 Å². The molecule has 2 nitrogen and oxygen atoms in total. The Morgan fingerprint density at radius 1 is 1.27 bits per heavy atom. The van der Waals surface area contributed by atoms with Gasteiger partial charge in [0.1, 0.15) is 0 Å². The molecular formula is C13H18N2. The number of hydrogen-bond donors (Lipinski definition) is 0. The van der Waals surface area contributed by atoms with Crippen molar-refractivity contribution in [1.82, 2.24) is 5.01 Å². The molecule has 0 bridgehead atoms. The summed E-state index contributed by atoms with van der Waals surface area (Å²) in [7, 11) is 0. The molecule has 1 aliphatic heterocycles. The van der Waals surface area contributed by atoms with Gasteiger partial charge in [-0.2, -0.15) is 5.10 Å². The molecule has 0 fully saturated rings. The second-order valence-corrected chi connectivity index (χ2v) is 4.87. The summed E-state index contributed by atoms with van der Waals surface area (Å²) in [6, 6.07) is 10.5. The highest BCUT2D eigenvalue weighted by atomic mass is 15.5. The topological polar surface area (TPSA) is 15.6 Å². The van der Waals surface area contributed by atoms with E-state index in [2.05, 4.69) is 55.1 Å². The molecule has 0 atom stereocenters. The molecule has 1 aromatic rings. The minimum absolute atomic E-state index is 0.167. The Balaban J connectivity index is 2.13. The first-order valence-corrected chi connectivity index (χ1v) is 5.43. The lowest BCUT2D eigenvalue weighted by molar-refractivity contribution is 0.144. The first-order chi connectivity index (χ1) is 7.08. The van der Waals surface area contributed by atoms with Gasteiger partial charge in [-0.25, -0.2) is 0 Å². The summed E-state index contributed by atoms with van der Waals surface area (Å²) < 4.78 is 0. The molecule has 0 unspecified atom stereocenters. The van der Waals surface area contributed by atoms with Gasteiger partial charge in [-0.1, -0.05) is 30.3 Å². The van der Waals surface area contributed by atoms with E-state index in [0.29, 0.717) is 0 Å². The van der Waals surface area contributed by atoms with Crippen molar-refractivity contribution < 1.29 is 0 Å². The average Bonchev–Trinajstić information content (AvgIpc) is 2.41. The predicted octanol–water partition coefficient (Wildman–Crippen LogP) is 3.05. The van der Waals surface area contributed by atoms with Gasteiger partial charge in [0, 0.05) is 12.1 Å². The number of hydrazone groups is 1. The quantitative estimate of drug-likeness (QED) is 0.719. The summed E-state index contributed by atoms with van der Waals surface area (Å²) in [4.78, 5) is 0. The van der Waals surface area contributed by atoms with E-state index >= 15 is 0 Å². The van der Waals surface area contributed by atoms with Crippen LogP contribution in [0.15, 0.2) is 35.4 Å². The zero-order valence-corrected chi connectivity index (χ0v) is 9.70. The molecule has 2 heteroatoms. The van der Waals surface area contributed by atoms with Crippen molar-refractivity contribution in [2.45, 2.75) is 39.3 Å². The van der Waals surface area contributed by atoms with Crippen LogP contribution in [0.4, 0.5) is 0 Å². The lowest BCUT2D eigenvalue weighted by atomic mass is 9.98. The normalized spacial score (nSPS) is 19.1. The van der Waals surface area contributed by atoms with Gasteiger partial charge in [-0.05, 0) is 26.3 Å². The van der Waals surface area contributed by atoms with Crippen molar-refractivity contribution in [3.05, 3.63) is 35.9 Å². The first kappa shape index (κ1) is 10.2. The van der Waals surface area contributed by atoms with Crippen molar-refractivity contribution >= 4 is 5.71 Å². The van der Waals surface area contributed by atoms with E-state index in [4.69, 9.17) is 0 Å². The lowest BCUT2D eigenvalue weighted by Gasteiger charge is -2.30. The van der Waals surface area contributed by atoms with Crippen LogP contribution in [0.3, 0.4) is 0 Å². The molecule has 15 heavy (non-hydrogen) atoms. The Morgan fingerprint density at radius 2 is 1.93 bits per heavy atom. The highest BCUT2D eigenvalue weighted by molar-refractivity contribution is 5.84. The Kier molecular flexibility index (Phi) is 2.51. The van der Waals surface area contributed by atoms with Crippen molar-refractivity contribution in [1.29, 1.82) is 0 Å². The standard InChI is InChI=1S/C13H18N2/c1-11-9-13(2,3)15(14-11)10-12-7-5-4-6-8-12/h4-8H,9-10H2,1-3H3. The van der Waals surface area contributed by atoms with Crippen LogP contribution in [0.1, 0.15) is 32.8 Å². The van der Waals surface area contributed by atoms with E-state index in [1.165, 1.54) is 11.3 Å². The summed E-state index contributed by atoms with van der Waals surface area (Å²) in [5.41, 5.74) is 2.72. The van der Waals surface area contributed by atoms with Gasteiger partial charge in [0.15, 0.2) is 0 Å². The zero-order chi connectivity index (χ0) is 10.9. The molecule has 1 heterocycles. The summed E-state index contributed by atoms with van der Waals surface area (Å²) in [5, 5.41) is 6.78. The van der Waals surface area contributed by atoms with Crippen molar-refractivity contribution in [3.63, 3.8) is 0 Å². The van der Waals surface area contributed by atoms with E-state index < -0.39 is 0 Å². The largest absolute Gasteiger partial charge is 0.287 e. The van der Waals surface area contributed by atoms with Gasteiger partial charge in [-0.3, -0.25) is 5.01 Å². The monoisotopic (exact) mass is 202 g/mol. The van der Waals surface area contributed by atoms with E-state index in [1.54, 1.807) is 0 Å². The van der Waals surface area contributed by atoms with Crippen LogP contribution >= 0.6 is 0 Å². The Bertz CT molecular complexity index is 365. The van der Waals surface area contributed by atoms with E-state index in [-0.39, 0.29) is 5.54 Å². The molecule has 80 valence electrons. The van der Waals surface area contributed by atoms with Gasteiger partial charge < -0.3 is 0 Å². The van der Waals surface area contributed by atoms with Crippen LogP contribution in [-0.2, 0) is 6.54 Å². The van der Waals surface area contributed by atoms with Crippen molar-refractivity contribution in [3.8, 4) is 0 Å². The molecule has 0 aliphatic carbocycles. The van der Waals surface area contributed by atoms with Gasteiger partial charge in [-0.15, -0.1) is 0 Å². The second-order valence-electron chi connectivity index (χ2n) is 4.87. The third-order valence-corrected chi connectivity index (χ3v) is 2.85. The summed E-state index contributed by atoms with van der Waals surface area (Å²) >= 11 is 0. The van der Waals surface area contributed by atoms with Crippen molar-refractivity contribution in [2.24, 2.45) is 5.10 Å². The molecule has 1 aromatic carbocycles. The second kappa shape index (κ2) is 3.69. The van der Waals surface area contributed by atoms with Gasteiger partial charge in [0.05, 0.1) is 12.1 Å². The molecule has 0 aromatic heterocycles. The molecule has 2 rings (SSSR count). The van der Waals surface area contributed by atoms with Gasteiger partial charge in [0.2, 0.25) is 0 Å². The molecule has 1 aliphatic rings. The molecule has 0 radical (unpaired) electrons. The van der Waals surface area contributed by atoms with E-state index in [1.807, 2.05) is 6.07 Å². The predicted molar refractivity (Wildman–Crippen MR) is 63.8 cm³/mol. The average molecular weight is 202 g/mol. The molecule has 0 saturated carbocycles. The minimum Gasteiger partial charge on any atom is -0.287 e. The molecular weight excluding hydrogens is 184 g/mol. The number of hydrogen-bond acceptors (Lipinski definition) is 2. The Hall–Kier alpha value is -1.31. The van der Waals surface area contributed by atoms with Crippen LogP contribution < -0.4 is 0 Å². The summed E-state index contributed by atoms with van der Waals surface area (Å²) in [5.74, 6) is 0. The third-order valence-electron chi connectivity index (χ3n) is 2.85. The molecule has 0 amide bonds. The lowest BCUT2D eigenvalue weighted by Crippen LogP contribution is -2.35. The van der Waals surface area contributed by atoms with E-state index in [9.17, 15) is 0 Å². The maximum absolute atomic E-state index is 4.59. The first-order valence-electron chi connectivity index (χ1n) is 5.43. The number of nitrogens with zero attached hydrogens (tertiary/aromatic N) is 2. The van der Waals surface area contributed by atoms with Crippen LogP contribution in [0.5, 0.6) is 0 Å². The van der Waals surface area contributed by atoms with Crippen LogP contribution in [-0.4, -0.2) is 16.3 Å². The zero-order valence-electron chi connectivity index (χ0n) is 9.70. The third kappa shape index (κ3) is 2.20. The molecule has 0 saturated heterocycles. The number of rotatable bonds is 2. The maximum atomic E-state index is 4.59. The van der Waals surface area contributed by atoms with Crippen LogP contribution in [0.2, 0.25) is 0 Å². The van der Waals surface area contributed by atoms with Crippen LogP contribution in [0, 0.1) is 0 Å². The fourth-order valence-electron chi connectivity index (χ4n) is 2.10. The smallest absolute Gasteiger partial charge is 0.0617 e. The fraction of sp³-hybridized carbons (Fsp3) is 0.462. The summed E-state index contributed by atoms with van der Waals surface area (Å²) in [6.45, 7) is 7.50. The summed E-state index contributed by atoms with van der Waals surface area (Å²) in [6.07, 6.45) is 1.07. The van der Waals surface area contributed by atoms with Crippen molar-refractivity contribution in [2.75, 3.05) is 0 Å². The maximum Gasteiger partial charge on any atom is 0.0617 e. The fourth-order valence-corrected chi connectivity index (χ4v) is 2.10. The van der Waals surface area contributed by atoms with Gasteiger partial charge >= 0.3 is 0 Å². The highest BCUT2D eigenvalue weighted by Gasteiger charge is 2.31. The Labute approximate surface area is 91.6 Å². The highest BCUT2D eigenvalue weighted by Crippen LogP contribution is 2.28. The van der Waals surface area contributed by atoms with Crippen LogP contribution in [0.25, 0.3) is 0 Å². The Morgan fingerprint density at radius 3 is 2.47 bits per heavy atom. The van der Waals surface area contributed by atoms with E-state index in [0.717, 1.165) is 13.0 Å². The molecule has 0 N–H and O–H groups in total. The number of benzene rings is 1.